The standard InChI is InChI=1S/C16H19N/c1-12-5-4-8-16(17-12)15-10-9-13-6-2-3-7-14(13)11-15/h4-5,8-12,17H,2-3,6-7H2,1H3. The lowest BCUT2D eigenvalue weighted by molar-refractivity contribution is 0.685. The molecule has 0 amide bonds. The molecule has 1 N–H and O–H groups in total. The summed E-state index contributed by atoms with van der Waals surface area (Å²) in [5, 5.41) is 3.51. The summed E-state index contributed by atoms with van der Waals surface area (Å²) in [7, 11) is 0. The predicted octanol–water partition coefficient (Wildman–Crippen LogP) is 3.45. The molecule has 2 aliphatic rings. The topological polar surface area (TPSA) is 12.0 Å². The van der Waals surface area contributed by atoms with Crippen molar-refractivity contribution < 1.29 is 0 Å². The van der Waals surface area contributed by atoms with Gasteiger partial charge in [0.25, 0.3) is 0 Å². The van der Waals surface area contributed by atoms with Crippen LogP contribution in [0, 0.1) is 0 Å². The summed E-state index contributed by atoms with van der Waals surface area (Å²) < 4.78 is 0. The lowest BCUT2D eigenvalue weighted by Gasteiger charge is -2.21. The molecule has 17 heavy (non-hydrogen) atoms. The van der Waals surface area contributed by atoms with Gasteiger partial charge < -0.3 is 5.32 Å². The fourth-order valence-corrected chi connectivity index (χ4v) is 2.74. The number of fused-ring (bicyclic) bond motifs is 1. The third kappa shape index (κ3) is 2.14. The number of hydrogen-bond donors (Lipinski definition) is 1. The van der Waals surface area contributed by atoms with Crippen molar-refractivity contribution in [2.75, 3.05) is 0 Å². The van der Waals surface area contributed by atoms with Crippen LogP contribution in [0.3, 0.4) is 0 Å². The van der Waals surface area contributed by atoms with E-state index in [-0.39, 0.29) is 0 Å². The molecule has 1 aromatic rings. The maximum absolute atomic E-state index is 3.51. The lowest BCUT2D eigenvalue weighted by atomic mass is 9.89. The van der Waals surface area contributed by atoms with Crippen molar-refractivity contribution in [1.29, 1.82) is 0 Å². The number of dihydropyridines is 1. The Morgan fingerprint density at radius 3 is 2.76 bits per heavy atom. The molecule has 1 aliphatic carbocycles. The first-order valence-electron chi connectivity index (χ1n) is 6.60. The molecule has 1 aliphatic heterocycles. The Hall–Kier alpha value is -1.50. The van der Waals surface area contributed by atoms with Gasteiger partial charge in [-0.3, -0.25) is 0 Å². The minimum atomic E-state index is 0.436. The Bertz CT molecular complexity index is 482. The Kier molecular flexibility index (Phi) is 2.76. The SMILES string of the molecule is CC1C=CC=C(c2ccc3c(c2)CCCC3)N1. The van der Waals surface area contributed by atoms with Crippen molar-refractivity contribution >= 4 is 5.70 Å². The molecule has 0 spiro atoms. The Morgan fingerprint density at radius 1 is 1.12 bits per heavy atom. The molecule has 3 rings (SSSR count). The number of nitrogens with one attached hydrogen (secondary N) is 1. The van der Waals surface area contributed by atoms with Gasteiger partial charge in [0.2, 0.25) is 0 Å². The van der Waals surface area contributed by atoms with Crippen LogP contribution < -0.4 is 5.32 Å². The van der Waals surface area contributed by atoms with Crippen molar-refractivity contribution in [3.05, 3.63) is 53.1 Å². The van der Waals surface area contributed by atoms with Crippen molar-refractivity contribution in [3.8, 4) is 0 Å². The quantitative estimate of drug-likeness (QED) is 0.772. The first kappa shape index (κ1) is 10.6. The number of allylic oxidation sites excluding steroid dienone is 2. The molecule has 1 heteroatoms. The van der Waals surface area contributed by atoms with Crippen LogP contribution in [0.4, 0.5) is 0 Å². The monoisotopic (exact) mass is 225 g/mol. The van der Waals surface area contributed by atoms with Crippen molar-refractivity contribution in [2.45, 2.75) is 38.6 Å². The van der Waals surface area contributed by atoms with E-state index in [0.29, 0.717) is 6.04 Å². The second-order valence-corrected chi connectivity index (χ2v) is 5.09. The van der Waals surface area contributed by atoms with Crippen LogP contribution in [-0.2, 0) is 12.8 Å². The third-order valence-electron chi connectivity index (χ3n) is 3.71. The molecule has 1 aromatic carbocycles. The molecule has 1 nitrogen and oxygen atoms in total. The Balaban J connectivity index is 1.93. The van der Waals surface area contributed by atoms with Gasteiger partial charge in [-0.2, -0.15) is 0 Å². The van der Waals surface area contributed by atoms with Crippen LogP contribution >= 0.6 is 0 Å². The summed E-state index contributed by atoms with van der Waals surface area (Å²) in [6.45, 7) is 2.18. The summed E-state index contributed by atoms with van der Waals surface area (Å²) in [4.78, 5) is 0. The zero-order chi connectivity index (χ0) is 11.7. The van der Waals surface area contributed by atoms with Gasteiger partial charge in [0, 0.05) is 11.7 Å². The molecule has 0 bridgehead atoms. The number of aryl methyl sites for hydroxylation is 2. The second-order valence-electron chi connectivity index (χ2n) is 5.09. The number of hydrogen-bond acceptors (Lipinski definition) is 1. The summed E-state index contributed by atoms with van der Waals surface area (Å²) in [6, 6.07) is 7.38. The molecule has 1 atom stereocenters. The van der Waals surface area contributed by atoms with E-state index in [4.69, 9.17) is 0 Å². The van der Waals surface area contributed by atoms with Crippen molar-refractivity contribution in [2.24, 2.45) is 0 Å². The zero-order valence-electron chi connectivity index (χ0n) is 10.4. The first-order chi connectivity index (χ1) is 8.33. The molecular weight excluding hydrogens is 206 g/mol. The van der Waals surface area contributed by atoms with Gasteiger partial charge in [0.1, 0.15) is 0 Å². The van der Waals surface area contributed by atoms with Crippen LogP contribution in [0.15, 0.2) is 36.4 Å². The van der Waals surface area contributed by atoms with Crippen LogP contribution in [0.2, 0.25) is 0 Å². The largest absolute Gasteiger partial charge is 0.379 e. The van der Waals surface area contributed by atoms with E-state index in [1.54, 1.807) is 11.1 Å². The number of benzene rings is 1. The maximum Gasteiger partial charge on any atom is 0.0419 e. The minimum absolute atomic E-state index is 0.436. The molecule has 1 unspecified atom stereocenters. The third-order valence-corrected chi connectivity index (χ3v) is 3.71. The summed E-state index contributed by atoms with van der Waals surface area (Å²) in [5.74, 6) is 0. The van der Waals surface area contributed by atoms with Crippen molar-refractivity contribution in [1.82, 2.24) is 5.32 Å². The van der Waals surface area contributed by atoms with Gasteiger partial charge >= 0.3 is 0 Å². The predicted molar refractivity (Wildman–Crippen MR) is 72.8 cm³/mol. The molecule has 0 saturated heterocycles. The zero-order valence-corrected chi connectivity index (χ0v) is 10.4. The van der Waals surface area contributed by atoms with Gasteiger partial charge in [0.15, 0.2) is 0 Å². The van der Waals surface area contributed by atoms with Gasteiger partial charge in [-0.25, -0.2) is 0 Å². The molecular formula is C16H19N. The molecule has 1 heterocycles. The minimum Gasteiger partial charge on any atom is -0.379 e. The van der Waals surface area contributed by atoms with Crippen LogP contribution in [0.25, 0.3) is 5.70 Å². The summed E-state index contributed by atoms with van der Waals surface area (Å²) in [6.07, 6.45) is 11.7. The van der Waals surface area contributed by atoms with E-state index in [1.165, 1.54) is 36.9 Å². The Labute approximate surface area is 103 Å². The second kappa shape index (κ2) is 4.40. The highest BCUT2D eigenvalue weighted by Crippen LogP contribution is 2.25. The highest BCUT2D eigenvalue weighted by molar-refractivity contribution is 5.68. The van der Waals surface area contributed by atoms with E-state index >= 15 is 0 Å². The lowest BCUT2D eigenvalue weighted by Crippen LogP contribution is -2.24. The van der Waals surface area contributed by atoms with E-state index in [9.17, 15) is 0 Å². The fourth-order valence-electron chi connectivity index (χ4n) is 2.74. The highest BCUT2D eigenvalue weighted by atomic mass is 14.9. The van der Waals surface area contributed by atoms with Crippen LogP contribution in [-0.4, -0.2) is 6.04 Å². The van der Waals surface area contributed by atoms with E-state index in [0.717, 1.165) is 0 Å². The molecule has 0 fully saturated rings. The van der Waals surface area contributed by atoms with Gasteiger partial charge in [-0.15, -0.1) is 0 Å². The van der Waals surface area contributed by atoms with E-state index in [1.807, 2.05) is 0 Å². The average Bonchev–Trinajstić information content (AvgIpc) is 2.38. The van der Waals surface area contributed by atoms with Crippen molar-refractivity contribution in [3.63, 3.8) is 0 Å². The first-order valence-corrected chi connectivity index (χ1v) is 6.60. The summed E-state index contributed by atoms with van der Waals surface area (Å²) in [5.41, 5.74) is 5.70. The van der Waals surface area contributed by atoms with Gasteiger partial charge in [-0.05, 0) is 61.4 Å². The molecule has 0 saturated carbocycles. The van der Waals surface area contributed by atoms with E-state index in [2.05, 4.69) is 48.7 Å². The Morgan fingerprint density at radius 2 is 1.94 bits per heavy atom. The average molecular weight is 225 g/mol. The number of rotatable bonds is 1. The molecule has 88 valence electrons. The normalized spacial score (nSPS) is 22.6. The fraction of sp³-hybridized carbons (Fsp3) is 0.375. The van der Waals surface area contributed by atoms with Gasteiger partial charge in [-0.1, -0.05) is 24.3 Å². The maximum atomic E-state index is 3.51. The van der Waals surface area contributed by atoms with E-state index < -0.39 is 0 Å². The summed E-state index contributed by atoms with van der Waals surface area (Å²) >= 11 is 0. The molecule has 0 radical (unpaired) electrons. The van der Waals surface area contributed by atoms with Crippen LogP contribution in [0.1, 0.15) is 36.5 Å². The molecule has 0 aromatic heterocycles. The smallest absolute Gasteiger partial charge is 0.0419 e. The van der Waals surface area contributed by atoms with Crippen LogP contribution in [0.5, 0.6) is 0 Å². The highest BCUT2D eigenvalue weighted by Gasteiger charge is 2.12. The van der Waals surface area contributed by atoms with Gasteiger partial charge in [0.05, 0.1) is 0 Å².